The molecule has 1 rings (SSSR count). The topological polar surface area (TPSA) is 44.7 Å². The second-order valence-electron chi connectivity index (χ2n) is 6.35. The summed E-state index contributed by atoms with van der Waals surface area (Å²) >= 11 is 0. The molecule has 1 aliphatic heterocycles. The molecule has 0 saturated carbocycles. The van der Waals surface area contributed by atoms with E-state index in [-0.39, 0.29) is 6.10 Å². The average molecular weight is 286 g/mol. The van der Waals surface area contributed by atoms with Crippen LogP contribution < -0.4 is 5.32 Å². The van der Waals surface area contributed by atoms with Crippen molar-refractivity contribution in [3.05, 3.63) is 0 Å². The van der Waals surface area contributed by atoms with Crippen molar-refractivity contribution in [3.63, 3.8) is 0 Å². The number of hydrogen-bond donors (Lipinski definition) is 2. The molecule has 2 N–H and O–H groups in total. The largest absolute Gasteiger partial charge is 0.389 e. The first-order valence-corrected chi connectivity index (χ1v) is 8.34. The third-order valence-corrected chi connectivity index (χ3v) is 4.05. The summed E-state index contributed by atoms with van der Waals surface area (Å²) in [5, 5.41) is 13.2. The highest BCUT2D eigenvalue weighted by Crippen LogP contribution is 2.15. The molecule has 0 aliphatic carbocycles. The quantitative estimate of drug-likeness (QED) is 0.569. The van der Waals surface area contributed by atoms with Gasteiger partial charge in [-0.2, -0.15) is 0 Å². The third kappa shape index (κ3) is 7.58. The number of likely N-dealkylation sites (N-methyl/N-ethyl adjacent to an activating group) is 1. The average Bonchev–Trinajstić information content (AvgIpc) is 2.85. The summed E-state index contributed by atoms with van der Waals surface area (Å²) in [6.45, 7) is 11.9. The molecule has 120 valence electrons. The lowest BCUT2D eigenvalue weighted by Gasteiger charge is -2.23. The van der Waals surface area contributed by atoms with E-state index in [0.29, 0.717) is 19.2 Å². The first-order chi connectivity index (χ1) is 9.63. The van der Waals surface area contributed by atoms with Gasteiger partial charge in [-0.15, -0.1) is 0 Å². The molecular weight excluding hydrogens is 252 g/mol. The molecule has 2 unspecified atom stereocenters. The molecule has 0 radical (unpaired) electrons. The summed E-state index contributed by atoms with van der Waals surface area (Å²) in [6, 6.07) is 0.652. The Hall–Kier alpha value is -0.160. The fraction of sp³-hybridized carbons (Fsp3) is 1.00. The van der Waals surface area contributed by atoms with Crippen LogP contribution in [0.15, 0.2) is 0 Å². The number of likely N-dealkylation sites (tertiary alicyclic amines) is 1. The normalized spacial score (nSPS) is 21.8. The molecule has 0 aromatic carbocycles. The van der Waals surface area contributed by atoms with Crippen LogP contribution in [0.4, 0.5) is 0 Å². The van der Waals surface area contributed by atoms with Crippen LogP contribution in [0.1, 0.15) is 46.5 Å². The highest BCUT2D eigenvalue weighted by atomic mass is 16.5. The number of aliphatic hydroxyl groups excluding tert-OH is 1. The van der Waals surface area contributed by atoms with Crippen molar-refractivity contribution in [2.75, 3.05) is 39.4 Å². The van der Waals surface area contributed by atoms with E-state index in [1.807, 2.05) is 0 Å². The van der Waals surface area contributed by atoms with E-state index >= 15 is 0 Å². The Balaban J connectivity index is 1.96. The van der Waals surface area contributed by atoms with Crippen LogP contribution in [0.3, 0.4) is 0 Å². The Bertz CT molecular complexity index is 237. The van der Waals surface area contributed by atoms with Gasteiger partial charge in [0, 0.05) is 25.7 Å². The second kappa shape index (κ2) is 10.6. The number of ether oxygens (including phenoxy) is 1. The van der Waals surface area contributed by atoms with E-state index in [4.69, 9.17) is 4.74 Å². The molecule has 2 atom stereocenters. The Morgan fingerprint density at radius 1 is 1.40 bits per heavy atom. The van der Waals surface area contributed by atoms with Gasteiger partial charge in [-0.05, 0) is 44.7 Å². The van der Waals surface area contributed by atoms with Gasteiger partial charge in [0.2, 0.25) is 0 Å². The Labute approximate surface area is 124 Å². The zero-order valence-corrected chi connectivity index (χ0v) is 13.6. The first-order valence-electron chi connectivity index (χ1n) is 8.34. The van der Waals surface area contributed by atoms with E-state index in [2.05, 4.69) is 31.0 Å². The number of aliphatic hydroxyl groups is 1. The van der Waals surface area contributed by atoms with Crippen LogP contribution in [0.2, 0.25) is 0 Å². The summed E-state index contributed by atoms with van der Waals surface area (Å²) in [6.07, 6.45) is 4.49. The van der Waals surface area contributed by atoms with Crippen molar-refractivity contribution in [2.24, 2.45) is 5.92 Å². The fourth-order valence-electron chi connectivity index (χ4n) is 2.83. The molecule has 0 aromatic heterocycles. The number of nitrogens with zero attached hydrogens (tertiary/aromatic N) is 1. The van der Waals surface area contributed by atoms with E-state index in [9.17, 15) is 5.11 Å². The molecular formula is C16H34N2O2. The third-order valence-electron chi connectivity index (χ3n) is 4.05. The predicted octanol–water partition coefficient (Wildman–Crippen LogP) is 1.87. The molecule has 0 amide bonds. The van der Waals surface area contributed by atoms with Crippen LogP contribution in [0.25, 0.3) is 0 Å². The molecule has 1 fully saturated rings. The Morgan fingerprint density at radius 3 is 2.90 bits per heavy atom. The maximum Gasteiger partial charge on any atom is 0.0897 e. The van der Waals surface area contributed by atoms with Gasteiger partial charge in [0.15, 0.2) is 0 Å². The zero-order valence-electron chi connectivity index (χ0n) is 13.6. The molecule has 20 heavy (non-hydrogen) atoms. The molecule has 1 heterocycles. The standard InChI is InChI=1S/C16H34N2O2/c1-4-18-9-5-8-15(18)11-17-12-16(19)13-20-10-6-7-14(2)3/h14-17,19H,4-13H2,1-3H3. The first kappa shape index (κ1) is 17.9. The molecule has 0 spiro atoms. The molecule has 0 aromatic rings. The lowest BCUT2D eigenvalue weighted by Crippen LogP contribution is -2.41. The van der Waals surface area contributed by atoms with Crippen molar-refractivity contribution in [2.45, 2.75) is 58.6 Å². The lowest BCUT2D eigenvalue weighted by molar-refractivity contribution is 0.0342. The van der Waals surface area contributed by atoms with Gasteiger partial charge < -0.3 is 15.2 Å². The van der Waals surface area contributed by atoms with E-state index in [1.165, 1.54) is 25.8 Å². The lowest BCUT2D eigenvalue weighted by atomic mass is 10.1. The minimum atomic E-state index is -0.384. The van der Waals surface area contributed by atoms with Gasteiger partial charge in [-0.25, -0.2) is 0 Å². The SMILES string of the molecule is CCN1CCCC1CNCC(O)COCCCC(C)C. The maximum atomic E-state index is 9.85. The van der Waals surface area contributed by atoms with Crippen LogP contribution in [0, 0.1) is 5.92 Å². The summed E-state index contributed by atoms with van der Waals surface area (Å²) < 4.78 is 5.51. The predicted molar refractivity (Wildman–Crippen MR) is 84.0 cm³/mol. The van der Waals surface area contributed by atoms with Crippen LogP contribution in [0.5, 0.6) is 0 Å². The summed E-state index contributed by atoms with van der Waals surface area (Å²) in [5.74, 6) is 0.734. The van der Waals surface area contributed by atoms with Gasteiger partial charge in [0.05, 0.1) is 12.7 Å². The highest BCUT2D eigenvalue weighted by Gasteiger charge is 2.22. The molecule has 1 saturated heterocycles. The molecule has 4 heteroatoms. The summed E-state index contributed by atoms with van der Waals surface area (Å²) in [5.41, 5.74) is 0. The van der Waals surface area contributed by atoms with Crippen molar-refractivity contribution in [1.29, 1.82) is 0 Å². The molecule has 1 aliphatic rings. The molecule has 4 nitrogen and oxygen atoms in total. The van der Waals surface area contributed by atoms with Crippen LogP contribution in [-0.2, 0) is 4.74 Å². The van der Waals surface area contributed by atoms with Gasteiger partial charge in [0.25, 0.3) is 0 Å². The van der Waals surface area contributed by atoms with Crippen molar-refractivity contribution in [1.82, 2.24) is 10.2 Å². The summed E-state index contributed by atoms with van der Waals surface area (Å²) in [4.78, 5) is 2.52. The fourth-order valence-corrected chi connectivity index (χ4v) is 2.83. The minimum absolute atomic E-state index is 0.384. The zero-order chi connectivity index (χ0) is 14.8. The molecule has 0 bridgehead atoms. The van der Waals surface area contributed by atoms with Crippen molar-refractivity contribution in [3.8, 4) is 0 Å². The van der Waals surface area contributed by atoms with Crippen LogP contribution >= 0.6 is 0 Å². The van der Waals surface area contributed by atoms with Gasteiger partial charge in [-0.1, -0.05) is 20.8 Å². The Kier molecular flexibility index (Phi) is 9.44. The number of nitrogens with one attached hydrogen (secondary N) is 1. The smallest absolute Gasteiger partial charge is 0.0897 e. The number of rotatable bonds is 11. The van der Waals surface area contributed by atoms with Gasteiger partial charge in [-0.3, -0.25) is 4.90 Å². The van der Waals surface area contributed by atoms with Crippen LogP contribution in [-0.4, -0.2) is 61.5 Å². The highest BCUT2D eigenvalue weighted by molar-refractivity contribution is 4.80. The second-order valence-corrected chi connectivity index (χ2v) is 6.35. The van der Waals surface area contributed by atoms with Gasteiger partial charge in [0.1, 0.15) is 0 Å². The maximum absolute atomic E-state index is 9.85. The number of hydrogen-bond acceptors (Lipinski definition) is 4. The summed E-state index contributed by atoms with van der Waals surface area (Å²) in [7, 11) is 0. The monoisotopic (exact) mass is 286 g/mol. The van der Waals surface area contributed by atoms with Crippen molar-refractivity contribution >= 4 is 0 Å². The Morgan fingerprint density at radius 2 is 2.20 bits per heavy atom. The van der Waals surface area contributed by atoms with E-state index in [0.717, 1.165) is 32.0 Å². The minimum Gasteiger partial charge on any atom is -0.389 e. The van der Waals surface area contributed by atoms with E-state index < -0.39 is 0 Å². The van der Waals surface area contributed by atoms with Crippen molar-refractivity contribution < 1.29 is 9.84 Å². The van der Waals surface area contributed by atoms with E-state index in [1.54, 1.807) is 0 Å². The van der Waals surface area contributed by atoms with Gasteiger partial charge >= 0.3 is 0 Å².